The first-order valence-corrected chi connectivity index (χ1v) is 7.00. The van der Waals surface area contributed by atoms with Crippen LogP contribution in [0.4, 0.5) is 4.39 Å². The number of halogens is 1. The van der Waals surface area contributed by atoms with Crippen LogP contribution in [0.2, 0.25) is 0 Å². The van der Waals surface area contributed by atoms with Crippen molar-refractivity contribution in [1.29, 1.82) is 0 Å². The third-order valence-electron chi connectivity index (χ3n) is 3.27. The van der Waals surface area contributed by atoms with Gasteiger partial charge in [-0.3, -0.25) is 5.84 Å². The largest absolute Gasteiger partial charge is 0.491 e. The van der Waals surface area contributed by atoms with Crippen LogP contribution in [-0.4, -0.2) is 6.10 Å². The highest BCUT2D eigenvalue weighted by atomic mass is 19.1. The Kier molecular flexibility index (Phi) is 4.94. The highest BCUT2D eigenvalue weighted by Crippen LogP contribution is 2.27. The first kappa shape index (κ1) is 15.5. The molecule has 0 aliphatic carbocycles. The molecule has 0 saturated heterocycles. The van der Waals surface area contributed by atoms with Crippen LogP contribution in [0.3, 0.4) is 0 Å². The van der Waals surface area contributed by atoms with Crippen molar-refractivity contribution < 1.29 is 9.13 Å². The zero-order valence-electron chi connectivity index (χ0n) is 12.6. The lowest BCUT2D eigenvalue weighted by Crippen LogP contribution is -2.29. The Morgan fingerprint density at radius 3 is 2.52 bits per heavy atom. The lowest BCUT2D eigenvalue weighted by molar-refractivity contribution is 0.242. The molecule has 0 heterocycles. The van der Waals surface area contributed by atoms with E-state index in [1.54, 1.807) is 6.07 Å². The van der Waals surface area contributed by atoms with Gasteiger partial charge in [0, 0.05) is 0 Å². The Hall–Kier alpha value is -1.91. The first-order valence-electron chi connectivity index (χ1n) is 7.00. The number of aryl methyl sites for hydroxylation is 1. The topological polar surface area (TPSA) is 47.3 Å². The quantitative estimate of drug-likeness (QED) is 0.654. The first-order chi connectivity index (χ1) is 10.0. The number of rotatable bonds is 5. The van der Waals surface area contributed by atoms with Crippen LogP contribution >= 0.6 is 0 Å². The summed E-state index contributed by atoms with van der Waals surface area (Å²) in [5.41, 5.74) is 5.57. The summed E-state index contributed by atoms with van der Waals surface area (Å²) in [6.07, 6.45) is 0.108. The summed E-state index contributed by atoms with van der Waals surface area (Å²) in [7, 11) is 0. The maximum atomic E-state index is 13.3. The predicted octanol–water partition coefficient (Wildman–Crippen LogP) is 3.47. The lowest BCUT2D eigenvalue weighted by atomic mass is 9.95. The van der Waals surface area contributed by atoms with Gasteiger partial charge in [-0.05, 0) is 61.7 Å². The number of nitrogens with one attached hydrogen (secondary N) is 1. The molecule has 0 aliphatic heterocycles. The van der Waals surface area contributed by atoms with Gasteiger partial charge in [0.15, 0.2) is 0 Å². The molecule has 0 amide bonds. The zero-order chi connectivity index (χ0) is 15.4. The molecular formula is C17H21FN2O. The third-order valence-corrected chi connectivity index (χ3v) is 3.27. The Bertz CT molecular complexity index is 613. The second-order valence-corrected chi connectivity index (χ2v) is 5.34. The van der Waals surface area contributed by atoms with E-state index in [4.69, 9.17) is 10.6 Å². The smallest absolute Gasteiger partial charge is 0.123 e. The van der Waals surface area contributed by atoms with Crippen molar-refractivity contribution in [2.45, 2.75) is 32.9 Å². The molecule has 0 aliphatic rings. The summed E-state index contributed by atoms with van der Waals surface area (Å²) in [6, 6.07) is 12.3. The summed E-state index contributed by atoms with van der Waals surface area (Å²) in [4.78, 5) is 0. The van der Waals surface area contributed by atoms with Crippen molar-refractivity contribution in [2.24, 2.45) is 5.84 Å². The number of ether oxygens (including phenoxy) is 1. The SMILES string of the molecule is Cc1cc(F)ccc1C(NN)c1cccc(OC(C)C)c1. The normalized spacial score (nSPS) is 12.5. The minimum atomic E-state index is -0.246. The van der Waals surface area contributed by atoms with Gasteiger partial charge in [0.1, 0.15) is 11.6 Å². The number of nitrogens with two attached hydrogens (primary N) is 1. The average Bonchev–Trinajstić information content (AvgIpc) is 2.41. The molecule has 112 valence electrons. The van der Waals surface area contributed by atoms with E-state index >= 15 is 0 Å². The summed E-state index contributed by atoms with van der Waals surface area (Å²) < 4.78 is 19.0. The van der Waals surface area contributed by atoms with Crippen LogP contribution in [-0.2, 0) is 0 Å². The standard InChI is InChI=1S/C17H21FN2O/c1-11(2)21-15-6-4-5-13(10-15)17(20-19)16-8-7-14(18)9-12(16)3/h4-11,17,20H,19H2,1-3H3. The van der Waals surface area contributed by atoms with E-state index in [1.165, 1.54) is 12.1 Å². The maximum absolute atomic E-state index is 13.3. The summed E-state index contributed by atoms with van der Waals surface area (Å²) in [5, 5.41) is 0. The molecule has 3 N–H and O–H groups in total. The van der Waals surface area contributed by atoms with Crippen molar-refractivity contribution in [3.05, 3.63) is 65.0 Å². The molecular weight excluding hydrogens is 267 g/mol. The third kappa shape index (κ3) is 3.80. The van der Waals surface area contributed by atoms with Crippen LogP contribution < -0.4 is 16.0 Å². The molecule has 2 aromatic rings. The molecule has 0 fully saturated rings. The maximum Gasteiger partial charge on any atom is 0.123 e. The van der Waals surface area contributed by atoms with E-state index in [1.807, 2.05) is 45.0 Å². The molecule has 0 bridgehead atoms. The molecule has 4 heteroatoms. The molecule has 1 unspecified atom stereocenters. The van der Waals surface area contributed by atoms with Gasteiger partial charge < -0.3 is 4.74 Å². The highest BCUT2D eigenvalue weighted by molar-refractivity contribution is 5.40. The van der Waals surface area contributed by atoms with Gasteiger partial charge in [-0.1, -0.05) is 18.2 Å². The fourth-order valence-electron chi connectivity index (χ4n) is 2.37. The van der Waals surface area contributed by atoms with E-state index < -0.39 is 0 Å². The summed E-state index contributed by atoms with van der Waals surface area (Å²) in [6.45, 7) is 5.84. The molecule has 0 radical (unpaired) electrons. The van der Waals surface area contributed by atoms with E-state index in [2.05, 4.69) is 5.43 Å². The van der Waals surface area contributed by atoms with Gasteiger partial charge in [0.05, 0.1) is 12.1 Å². The summed E-state index contributed by atoms with van der Waals surface area (Å²) in [5.74, 6) is 6.26. The van der Waals surface area contributed by atoms with Crippen LogP contribution in [0, 0.1) is 12.7 Å². The summed E-state index contributed by atoms with van der Waals surface area (Å²) >= 11 is 0. The van der Waals surface area contributed by atoms with Gasteiger partial charge >= 0.3 is 0 Å². The van der Waals surface area contributed by atoms with E-state index in [0.717, 1.165) is 22.4 Å². The molecule has 0 aromatic heterocycles. The number of hydrazine groups is 1. The minimum Gasteiger partial charge on any atom is -0.491 e. The van der Waals surface area contributed by atoms with E-state index in [9.17, 15) is 4.39 Å². The van der Waals surface area contributed by atoms with Gasteiger partial charge in [-0.15, -0.1) is 0 Å². The van der Waals surface area contributed by atoms with Crippen molar-refractivity contribution in [3.63, 3.8) is 0 Å². The van der Waals surface area contributed by atoms with E-state index in [-0.39, 0.29) is 18.0 Å². The average molecular weight is 288 g/mol. The van der Waals surface area contributed by atoms with Crippen LogP contribution in [0.25, 0.3) is 0 Å². The molecule has 0 saturated carbocycles. The second kappa shape index (κ2) is 6.70. The Morgan fingerprint density at radius 2 is 1.90 bits per heavy atom. The molecule has 3 nitrogen and oxygen atoms in total. The second-order valence-electron chi connectivity index (χ2n) is 5.34. The highest BCUT2D eigenvalue weighted by Gasteiger charge is 2.16. The Balaban J connectivity index is 2.37. The minimum absolute atomic E-state index is 0.108. The van der Waals surface area contributed by atoms with Crippen molar-refractivity contribution in [1.82, 2.24) is 5.43 Å². The predicted molar refractivity (Wildman–Crippen MR) is 82.5 cm³/mol. The van der Waals surface area contributed by atoms with Gasteiger partial charge in [0.25, 0.3) is 0 Å². The molecule has 2 rings (SSSR count). The Labute approximate surface area is 124 Å². The van der Waals surface area contributed by atoms with Crippen LogP contribution in [0.5, 0.6) is 5.75 Å². The number of benzene rings is 2. The zero-order valence-corrected chi connectivity index (χ0v) is 12.6. The number of hydrogen-bond donors (Lipinski definition) is 2. The number of hydrogen-bond acceptors (Lipinski definition) is 3. The fraction of sp³-hybridized carbons (Fsp3) is 0.294. The van der Waals surface area contributed by atoms with Crippen molar-refractivity contribution in [2.75, 3.05) is 0 Å². The van der Waals surface area contributed by atoms with Crippen molar-refractivity contribution in [3.8, 4) is 5.75 Å². The van der Waals surface area contributed by atoms with Gasteiger partial charge in [0.2, 0.25) is 0 Å². The van der Waals surface area contributed by atoms with Crippen LogP contribution in [0.15, 0.2) is 42.5 Å². The van der Waals surface area contributed by atoms with Crippen molar-refractivity contribution >= 4 is 0 Å². The molecule has 1 atom stereocenters. The molecule has 21 heavy (non-hydrogen) atoms. The van der Waals surface area contributed by atoms with Gasteiger partial charge in [-0.2, -0.15) is 0 Å². The van der Waals surface area contributed by atoms with E-state index in [0.29, 0.717) is 0 Å². The van der Waals surface area contributed by atoms with Gasteiger partial charge in [-0.25, -0.2) is 9.82 Å². The Morgan fingerprint density at radius 1 is 1.14 bits per heavy atom. The molecule has 0 spiro atoms. The lowest BCUT2D eigenvalue weighted by Gasteiger charge is -2.20. The monoisotopic (exact) mass is 288 g/mol. The van der Waals surface area contributed by atoms with Crippen LogP contribution in [0.1, 0.15) is 36.6 Å². The fourth-order valence-corrected chi connectivity index (χ4v) is 2.37. The molecule has 2 aromatic carbocycles.